The van der Waals surface area contributed by atoms with E-state index in [2.05, 4.69) is 42.0 Å². The lowest BCUT2D eigenvalue weighted by molar-refractivity contribution is 0.298. The molecular formula is C14H25N3. The van der Waals surface area contributed by atoms with E-state index in [1.165, 1.54) is 18.5 Å². The third-order valence-corrected chi connectivity index (χ3v) is 3.15. The second kappa shape index (κ2) is 8.20. The number of aryl methyl sites for hydroxylation is 1. The molecule has 1 aromatic rings. The lowest BCUT2D eigenvalue weighted by atomic mass is 10.2. The summed E-state index contributed by atoms with van der Waals surface area (Å²) in [6, 6.07) is 4.14. The van der Waals surface area contributed by atoms with E-state index in [9.17, 15) is 0 Å². The van der Waals surface area contributed by atoms with Gasteiger partial charge in [-0.3, -0.25) is 4.98 Å². The summed E-state index contributed by atoms with van der Waals surface area (Å²) >= 11 is 0. The predicted molar refractivity (Wildman–Crippen MR) is 73.1 cm³/mol. The summed E-state index contributed by atoms with van der Waals surface area (Å²) in [4.78, 5) is 6.74. The van der Waals surface area contributed by atoms with Crippen LogP contribution in [0.4, 0.5) is 0 Å². The molecule has 1 aromatic heterocycles. The topological polar surface area (TPSA) is 28.2 Å². The normalized spacial score (nSPS) is 11.1. The Morgan fingerprint density at radius 3 is 2.71 bits per heavy atom. The van der Waals surface area contributed by atoms with Gasteiger partial charge in [0.05, 0.1) is 0 Å². The minimum atomic E-state index is 0.928. The maximum Gasteiger partial charge on any atom is 0.0417 e. The van der Waals surface area contributed by atoms with Crippen LogP contribution in [-0.4, -0.2) is 36.1 Å². The Kier molecular flexibility index (Phi) is 6.82. The largest absolute Gasteiger partial charge is 0.313 e. The lowest BCUT2D eigenvalue weighted by Gasteiger charge is -2.17. The number of hydrogen-bond donors (Lipinski definition) is 1. The second-order valence-electron chi connectivity index (χ2n) is 4.31. The number of hydrogen-bond acceptors (Lipinski definition) is 3. The molecule has 1 heterocycles. The zero-order chi connectivity index (χ0) is 12.5. The number of rotatable bonds is 8. The smallest absolute Gasteiger partial charge is 0.0417 e. The second-order valence-corrected chi connectivity index (χ2v) is 4.31. The highest BCUT2D eigenvalue weighted by Gasteiger charge is 1.99. The van der Waals surface area contributed by atoms with Crippen molar-refractivity contribution >= 4 is 0 Å². The van der Waals surface area contributed by atoms with Gasteiger partial charge in [-0.25, -0.2) is 0 Å². The van der Waals surface area contributed by atoms with Gasteiger partial charge in [0.25, 0.3) is 0 Å². The van der Waals surface area contributed by atoms with Crippen LogP contribution in [0.15, 0.2) is 18.3 Å². The summed E-state index contributed by atoms with van der Waals surface area (Å²) in [6.45, 7) is 12.0. The highest BCUT2D eigenvalue weighted by molar-refractivity contribution is 5.17. The van der Waals surface area contributed by atoms with Gasteiger partial charge in [-0.2, -0.15) is 0 Å². The standard InChI is InChI=1S/C14H25N3/c1-4-17(5-2)11-7-9-15-12-14-8-6-10-16-13(14)3/h6,8,10,15H,4-5,7,9,11-12H2,1-3H3. The van der Waals surface area contributed by atoms with E-state index in [4.69, 9.17) is 0 Å². The molecule has 0 amide bonds. The zero-order valence-corrected chi connectivity index (χ0v) is 11.4. The van der Waals surface area contributed by atoms with Crippen molar-refractivity contribution in [3.63, 3.8) is 0 Å². The average molecular weight is 235 g/mol. The molecule has 17 heavy (non-hydrogen) atoms. The summed E-state index contributed by atoms with van der Waals surface area (Å²) in [5.41, 5.74) is 2.43. The molecule has 0 fully saturated rings. The van der Waals surface area contributed by atoms with Crippen LogP contribution in [0.3, 0.4) is 0 Å². The molecule has 0 aliphatic carbocycles. The Balaban J connectivity index is 2.14. The Morgan fingerprint density at radius 2 is 2.06 bits per heavy atom. The van der Waals surface area contributed by atoms with E-state index in [0.29, 0.717) is 0 Å². The molecular weight excluding hydrogens is 210 g/mol. The summed E-state index contributed by atoms with van der Waals surface area (Å²) in [5, 5.41) is 3.48. The number of pyridine rings is 1. The molecule has 0 spiro atoms. The Labute approximate surface area is 105 Å². The van der Waals surface area contributed by atoms with E-state index in [0.717, 1.165) is 31.9 Å². The number of aromatic nitrogens is 1. The monoisotopic (exact) mass is 235 g/mol. The van der Waals surface area contributed by atoms with Gasteiger partial charge < -0.3 is 10.2 Å². The SMILES string of the molecule is CCN(CC)CCCNCc1cccnc1C. The molecule has 3 heteroatoms. The van der Waals surface area contributed by atoms with E-state index < -0.39 is 0 Å². The first kappa shape index (κ1) is 14.1. The van der Waals surface area contributed by atoms with Crippen LogP contribution in [0.1, 0.15) is 31.5 Å². The van der Waals surface area contributed by atoms with Crippen LogP contribution >= 0.6 is 0 Å². The number of nitrogens with zero attached hydrogens (tertiary/aromatic N) is 2. The predicted octanol–water partition coefficient (Wildman–Crippen LogP) is 2.21. The third-order valence-electron chi connectivity index (χ3n) is 3.15. The maximum absolute atomic E-state index is 4.28. The van der Waals surface area contributed by atoms with Gasteiger partial charge in [0, 0.05) is 18.4 Å². The summed E-state index contributed by atoms with van der Waals surface area (Å²) in [6.07, 6.45) is 3.06. The molecule has 0 aliphatic heterocycles. The van der Waals surface area contributed by atoms with Crippen molar-refractivity contribution in [3.8, 4) is 0 Å². The van der Waals surface area contributed by atoms with Crippen molar-refractivity contribution in [1.29, 1.82) is 0 Å². The third kappa shape index (κ3) is 5.29. The Morgan fingerprint density at radius 1 is 1.29 bits per heavy atom. The molecule has 0 saturated carbocycles. The van der Waals surface area contributed by atoms with Crippen molar-refractivity contribution in [2.75, 3.05) is 26.2 Å². The molecule has 0 aliphatic rings. The van der Waals surface area contributed by atoms with E-state index in [1.54, 1.807) is 0 Å². The van der Waals surface area contributed by atoms with Gasteiger partial charge in [-0.05, 0) is 51.2 Å². The number of nitrogens with one attached hydrogen (secondary N) is 1. The van der Waals surface area contributed by atoms with Crippen molar-refractivity contribution in [2.45, 2.75) is 33.7 Å². The molecule has 0 saturated heterocycles. The van der Waals surface area contributed by atoms with Crippen LogP contribution in [-0.2, 0) is 6.54 Å². The van der Waals surface area contributed by atoms with Crippen molar-refractivity contribution in [1.82, 2.24) is 15.2 Å². The zero-order valence-electron chi connectivity index (χ0n) is 11.4. The van der Waals surface area contributed by atoms with Crippen LogP contribution in [0.25, 0.3) is 0 Å². The molecule has 3 nitrogen and oxygen atoms in total. The fraction of sp³-hybridized carbons (Fsp3) is 0.643. The van der Waals surface area contributed by atoms with E-state index in [1.807, 2.05) is 12.3 Å². The summed E-state index contributed by atoms with van der Waals surface area (Å²) in [7, 11) is 0. The maximum atomic E-state index is 4.28. The Hall–Kier alpha value is -0.930. The minimum absolute atomic E-state index is 0.928. The molecule has 1 N–H and O–H groups in total. The van der Waals surface area contributed by atoms with Gasteiger partial charge in [0.15, 0.2) is 0 Å². The minimum Gasteiger partial charge on any atom is -0.313 e. The van der Waals surface area contributed by atoms with Gasteiger partial charge >= 0.3 is 0 Å². The average Bonchev–Trinajstić information content (AvgIpc) is 2.36. The molecule has 96 valence electrons. The van der Waals surface area contributed by atoms with Crippen LogP contribution in [0, 0.1) is 6.92 Å². The molecule has 0 atom stereocenters. The first-order valence-corrected chi connectivity index (χ1v) is 6.61. The molecule has 0 unspecified atom stereocenters. The fourth-order valence-corrected chi connectivity index (χ4v) is 1.89. The van der Waals surface area contributed by atoms with Crippen LogP contribution in [0.2, 0.25) is 0 Å². The summed E-state index contributed by atoms with van der Waals surface area (Å²) in [5.74, 6) is 0. The fourth-order valence-electron chi connectivity index (χ4n) is 1.89. The molecule has 0 radical (unpaired) electrons. The van der Waals surface area contributed by atoms with Crippen LogP contribution < -0.4 is 5.32 Å². The van der Waals surface area contributed by atoms with Gasteiger partial charge in [0.1, 0.15) is 0 Å². The molecule has 0 aromatic carbocycles. The first-order valence-electron chi connectivity index (χ1n) is 6.61. The molecule has 0 bridgehead atoms. The van der Waals surface area contributed by atoms with Gasteiger partial charge in [-0.1, -0.05) is 19.9 Å². The highest BCUT2D eigenvalue weighted by Crippen LogP contribution is 2.02. The van der Waals surface area contributed by atoms with E-state index in [-0.39, 0.29) is 0 Å². The van der Waals surface area contributed by atoms with Crippen molar-refractivity contribution in [2.24, 2.45) is 0 Å². The van der Waals surface area contributed by atoms with Crippen molar-refractivity contribution < 1.29 is 0 Å². The quantitative estimate of drug-likeness (QED) is 0.700. The van der Waals surface area contributed by atoms with Gasteiger partial charge in [0.2, 0.25) is 0 Å². The van der Waals surface area contributed by atoms with Crippen molar-refractivity contribution in [3.05, 3.63) is 29.6 Å². The molecule has 1 rings (SSSR count). The highest BCUT2D eigenvalue weighted by atomic mass is 15.1. The van der Waals surface area contributed by atoms with Crippen LogP contribution in [0.5, 0.6) is 0 Å². The van der Waals surface area contributed by atoms with Gasteiger partial charge in [-0.15, -0.1) is 0 Å². The lowest BCUT2D eigenvalue weighted by Crippen LogP contribution is -2.27. The Bertz CT molecular complexity index is 308. The summed E-state index contributed by atoms with van der Waals surface area (Å²) < 4.78 is 0. The van der Waals surface area contributed by atoms with E-state index >= 15 is 0 Å². The first-order chi connectivity index (χ1) is 8.27.